The van der Waals surface area contributed by atoms with E-state index in [2.05, 4.69) is 42.5 Å². The van der Waals surface area contributed by atoms with Gasteiger partial charge < -0.3 is 14.2 Å². The molecule has 0 spiro atoms. The highest BCUT2D eigenvalue weighted by Crippen LogP contribution is 2.43. The van der Waals surface area contributed by atoms with Crippen molar-refractivity contribution in [3.8, 4) is 6.07 Å². The van der Waals surface area contributed by atoms with Crippen LogP contribution in [0.3, 0.4) is 0 Å². The van der Waals surface area contributed by atoms with Gasteiger partial charge in [0.25, 0.3) is 0 Å². The van der Waals surface area contributed by atoms with E-state index in [9.17, 15) is 5.26 Å². The first kappa shape index (κ1) is 24.9. The summed E-state index contributed by atoms with van der Waals surface area (Å²) >= 11 is 0. The summed E-state index contributed by atoms with van der Waals surface area (Å²) in [5.41, 5.74) is 3.27. The minimum Gasteiger partial charge on any atom is -0.374 e. The van der Waals surface area contributed by atoms with Crippen molar-refractivity contribution in [2.45, 2.75) is 43.4 Å². The number of rotatable bonds is 9. The van der Waals surface area contributed by atoms with Crippen LogP contribution in [0.1, 0.15) is 35.1 Å². The molecule has 0 amide bonds. The fourth-order valence-electron chi connectivity index (χ4n) is 5.05. The van der Waals surface area contributed by atoms with E-state index >= 15 is 0 Å². The summed E-state index contributed by atoms with van der Waals surface area (Å²) in [6.07, 6.45) is 0.205. The molecule has 4 nitrogen and oxygen atoms in total. The molecule has 4 aromatic carbocycles. The average molecular weight is 490 g/mol. The molecule has 1 aliphatic heterocycles. The van der Waals surface area contributed by atoms with Crippen molar-refractivity contribution < 1.29 is 14.2 Å². The maximum Gasteiger partial charge on any atom is 0.170 e. The van der Waals surface area contributed by atoms with Gasteiger partial charge in [-0.15, -0.1) is 0 Å². The van der Waals surface area contributed by atoms with Crippen molar-refractivity contribution in [2.75, 3.05) is 6.61 Å². The molecular formula is C33H31NO3. The molecule has 1 saturated heterocycles. The first-order chi connectivity index (χ1) is 18.3. The van der Waals surface area contributed by atoms with Crippen LogP contribution in [0.2, 0.25) is 0 Å². The van der Waals surface area contributed by atoms with Crippen molar-refractivity contribution in [2.24, 2.45) is 0 Å². The Hall–Kier alpha value is -3.75. The van der Waals surface area contributed by atoms with Crippen molar-refractivity contribution in [3.05, 3.63) is 144 Å². The van der Waals surface area contributed by atoms with Crippen LogP contribution < -0.4 is 0 Å². The largest absolute Gasteiger partial charge is 0.374 e. The Morgan fingerprint density at radius 3 is 1.68 bits per heavy atom. The summed E-state index contributed by atoms with van der Waals surface area (Å²) in [6, 6.07) is 43.2. The molecule has 0 bridgehead atoms. The molecule has 3 unspecified atom stereocenters. The molecule has 0 saturated carbocycles. The zero-order valence-electron chi connectivity index (χ0n) is 20.8. The second-order valence-corrected chi connectivity index (χ2v) is 9.32. The minimum atomic E-state index is -0.885. The van der Waals surface area contributed by atoms with Gasteiger partial charge >= 0.3 is 0 Å². The van der Waals surface area contributed by atoms with Gasteiger partial charge in [-0.2, -0.15) is 5.26 Å². The SMILES string of the molecule is N#CC1OC(COCc2ccccc2)CCC1OC(c1ccccc1)(c1ccccc1)c1ccccc1. The predicted octanol–water partition coefficient (Wildman–Crippen LogP) is 6.65. The Morgan fingerprint density at radius 1 is 0.703 bits per heavy atom. The molecule has 3 atom stereocenters. The summed E-state index contributed by atoms with van der Waals surface area (Å²) in [5.74, 6) is 0. The van der Waals surface area contributed by atoms with Crippen LogP contribution in [0.4, 0.5) is 0 Å². The Labute approximate surface area is 219 Å². The summed E-state index contributed by atoms with van der Waals surface area (Å²) < 4.78 is 19.2. The molecule has 0 aliphatic carbocycles. The molecule has 37 heavy (non-hydrogen) atoms. The maximum absolute atomic E-state index is 10.1. The first-order valence-electron chi connectivity index (χ1n) is 12.8. The number of benzene rings is 4. The number of hydrogen-bond donors (Lipinski definition) is 0. The third-order valence-corrected chi connectivity index (χ3v) is 6.86. The molecule has 5 rings (SSSR count). The lowest BCUT2D eigenvalue weighted by Crippen LogP contribution is -2.46. The van der Waals surface area contributed by atoms with E-state index in [-0.39, 0.29) is 6.10 Å². The van der Waals surface area contributed by atoms with E-state index in [4.69, 9.17) is 14.2 Å². The molecule has 1 fully saturated rings. The summed E-state index contributed by atoms with van der Waals surface area (Å²) in [6.45, 7) is 0.970. The van der Waals surface area contributed by atoms with Crippen LogP contribution in [0.25, 0.3) is 0 Å². The van der Waals surface area contributed by atoms with E-state index in [0.717, 1.165) is 28.7 Å². The zero-order valence-corrected chi connectivity index (χ0v) is 20.8. The normalized spacial score (nSPS) is 19.7. The molecule has 1 heterocycles. The predicted molar refractivity (Wildman–Crippen MR) is 144 cm³/mol. The third kappa shape index (κ3) is 5.65. The van der Waals surface area contributed by atoms with Gasteiger partial charge in [-0.25, -0.2) is 0 Å². The van der Waals surface area contributed by atoms with Gasteiger partial charge in [0, 0.05) is 0 Å². The summed E-state index contributed by atoms with van der Waals surface area (Å²) in [5, 5.41) is 10.1. The first-order valence-corrected chi connectivity index (χ1v) is 12.8. The van der Waals surface area contributed by atoms with Crippen LogP contribution in [-0.2, 0) is 26.4 Å². The molecule has 0 aromatic heterocycles. The van der Waals surface area contributed by atoms with E-state index in [0.29, 0.717) is 19.6 Å². The van der Waals surface area contributed by atoms with Crippen LogP contribution in [0.5, 0.6) is 0 Å². The number of nitriles is 1. The second-order valence-electron chi connectivity index (χ2n) is 9.32. The van der Waals surface area contributed by atoms with Gasteiger partial charge in [0.05, 0.1) is 31.5 Å². The fraction of sp³-hybridized carbons (Fsp3) is 0.242. The maximum atomic E-state index is 10.1. The van der Waals surface area contributed by atoms with E-state index in [1.54, 1.807) is 0 Å². The van der Waals surface area contributed by atoms with Crippen molar-refractivity contribution in [1.29, 1.82) is 5.26 Å². The van der Waals surface area contributed by atoms with Gasteiger partial charge in [-0.1, -0.05) is 121 Å². The third-order valence-electron chi connectivity index (χ3n) is 6.86. The Bertz CT molecular complexity index is 1180. The van der Waals surface area contributed by atoms with Crippen molar-refractivity contribution >= 4 is 0 Å². The Morgan fingerprint density at radius 2 is 1.19 bits per heavy atom. The Balaban J connectivity index is 1.40. The van der Waals surface area contributed by atoms with Crippen LogP contribution in [0.15, 0.2) is 121 Å². The lowest BCUT2D eigenvalue weighted by Gasteiger charge is -2.42. The topological polar surface area (TPSA) is 51.5 Å². The molecule has 186 valence electrons. The van der Waals surface area contributed by atoms with Crippen LogP contribution in [-0.4, -0.2) is 24.9 Å². The standard InChI is InChI=1S/C33H31NO3/c34-23-32-31(22-21-30(36-32)25-35-24-26-13-5-1-6-14-26)37-33(27-15-7-2-8-16-27,28-17-9-3-10-18-28)29-19-11-4-12-20-29/h1-20,30-32H,21-22,24-25H2. The summed E-state index contributed by atoms with van der Waals surface area (Å²) in [4.78, 5) is 0. The molecular weight excluding hydrogens is 458 g/mol. The molecule has 4 heteroatoms. The van der Waals surface area contributed by atoms with Crippen LogP contribution in [0, 0.1) is 11.3 Å². The van der Waals surface area contributed by atoms with Gasteiger partial charge in [-0.3, -0.25) is 0 Å². The zero-order chi connectivity index (χ0) is 25.3. The Kier molecular flexibility index (Phi) is 8.08. The molecule has 4 aromatic rings. The molecule has 0 N–H and O–H groups in total. The second kappa shape index (κ2) is 12.0. The summed E-state index contributed by atoms with van der Waals surface area (Å²) in [7, 11) is 0. The monoisotopic (exact) mass is 489 g/mol. The van der Waals surface area contributed by atoms with Gasteiger partial charge in [0.2, 0.25) is 0 Å². The lowest BCUT2D eigenvalue weighted by molar-refractivity contribution is -0.164. The number of hydrogen-bond acceptors (Lipinski definition) is 4. The highest BCUT2D eigenvalue weighted by Gasteiger charge is 2.43. The highest BCUT2D eigenvalue weighted by molar-refractivity contribution is 5.47. The smallest absolute Gasteiger partial charge is 0.170 e. The van der Waals surface area contributed by atoms with Crippen molar-refractivity contribution in [1.82, 2.24) is 0 Å². The van der Waals surface area contributed by atoms with Gasteiger partial charge in [0.15, 0.2) is 6.10 Å². The van der Waals surface area contributed by atoms with E-state index < -0.39 is 17.8 Å². The minimum absolute atomic E-state index is 0.146. The van der Waals surface area contributed by atoms with Crippen LogP contribution >= 0.6 is 0 Å². The number of ether oxygens (including phenoxy) is 3. The number of nitrogens with zero attached hydrogens (tertiary/aromatic N) is 1. The lowest BCUT2D eigenvalue weighted by atomic mass is 9.79. The molecule has 0 radical (unpaired) electrons. The van der Waals surface area contributed by atoms with E-state index in [1.807, 2.05) is 84.9 Å². The van der Waals surface area contributed by atoms with E-state index in [1.165, 1.54) is 0 Å². The van der Waals surface area contributed by atoms with Gasteiger partial charge in [-0.05, 0) is 35.1 Å². The average Bonchev–Trinajstić information content (AvgIpc) is 2.98. The molecule has 1 aliphatic rings. The van der Waals surface area contributed by atoms with Crippen molar-refractivity contribution in [3.63, 3.8) is 0 Å². The fourth-order valence-corrected chi connectivity index (χ4v) is 5.05. The van der Waals surface area contributed by atoms with Gasteiger partial charge in [0.1, 0.15) is 5.60 Å². The quantitative estimate of drug-likeness (QED) is 0.247. The highest BCUT2D eigenvalue weighted by atomic mass is 16.6.